The molecule has 0 saturated heterocycles. The van der Waals surface area contributed by atoms with Crippen molar-refractivity contribution in [2.75, 3.05) is 0 Å². The summed E-state index contributed by atoms with van der Waals surface area (Å²) in [6.07, 6.45) is 8.20. The van der Waals surface area contributed by atoms with E-state index in [1.165, 1.54) is 62.8 Å². The van der Waals surface area contributed by atoms with Crippen molar-refractivity contribution < 1.29 is 15.7 Å². The number of allylic oxidation sites excluding steroid dienone is 5. The Kier molecular flexibility index (Phi) is 11.2. The van der Waals surface area contributed by atoms with Gasteiger partial charge in [-0.15, -0.1) is 24.8 Å². The van der Waals surface area contributed by atoms with Crippen LogP contribution in [0.3, 0.4) is 0 Å². The largest absolute Gasteiger partial charge is 0.147 e. The van der Waals surface area contributed by atoms with Crippen LogP contribution in [0, 0.1) is 5.92 Å². The molecule has 4 heteroatoms. The number of hydrogen-bond acceptors (Lipinski definition) is 0. The summed E-state index contributed by atoms with van der Waals surface area (Å²) in [4.78, 5) is 0. The van der Waals surface area contributed by atoms with Gasteiger partial charge in [0.05, 0.1) is 0 Å². The molecular weight excluding hydrogens is 619 g/mol. The molecule has 0 heterocycles. The molecular formula is C32H46Cl2GeZr. The Bertz CT molecular complexity index is 1220. The minimum Gasteiger partial charge on any atom is -0.147 e. The van der Waals surface area contributed by atoms with Gasteiger partial charge in [-0.05, 0) is 0 Å². The Morgan fingerprint density at radius 2 is 1.33 bits per heavy atom. The molecule has 4 rings (SSSR count). The van der Waals surface area contributed by atoms with Gasteiger partial charge in [0, 0.05) is 0 Å². The molecule has 2 unspecified atom stereocenters. The molecule has 2 atom stereocenters. The van der Waals surface area contributed by atoms with Crippen molar-refractivity contribution >= 4 is 42.5 Å². The van der Waals surface area contributed by atoms with Crippen LogP contribution in [0.1, 0.15) is 87.5 Å². The smallest absolute Gasteiger partial charge is 0.147 e. The van der Waals surface area contributed by atoms with Crippen molar-refractivity contribution in [3.05, 3.63) is 97.4 Å². The first-order chi connectivity index (χ1) is 16.3. The van der Waals surface area contributed by atoms with E-state index >= 15 is 0 Å². The quantitative estimate of drug-likeness (QED) is 0.234. The van der Waals surface area contributed by atoms with E-state index in [1.54, 1.807) is 22.3 Å². The first-order valence-electron chi connectivity index (χ1n) is 13.6. The van der Waals surface area contributed by atoms with Crippen LogP contribution in [-0.2, 0) is 15.7 Å². The summed E-state index contributed by atoms with van der Waals surface area (Å²) in [5.41, 5.74) is 11.0. The summed E-state index contributed by atoms with van der Waals surface area (Å²) < 4.78 is 5.65. The van der Waals surface area contributed by atoms with Gasteiger partial charge in [0.1, 0.15) is 0 Å². The Morgan fingerprint density at radius 1 is 0.778 bits per heavy atom. The van der Waals surface area contributed by atoms with E-state index in [0.29, 0.717) is 9.54 Å². The molecule has 2 aromatic carbocycles. The zero-order chi connectivity index (χ0) is 24.5. The minimum atomic E-state index is -3.48. The van der Waals surface area contributed by atoms with Gasteiger partial charge in [-0.1, -0.05) is 0 Å². The molecule has 0 saturated carbocycles. The third-order valence-electron chi connectivity index (χ3n) is 9.49. The topological polar surface area (TPSA) is 0 Å². The van der Waals surface area contributed by atoms with Crippen LogP contribution < -0.4 is 0 Å². The summed E-state index contributed by atoms with van der Waals surface area (Å²) in [6.45, 7) is 14.7. The van der Waals surface area contributed by atoms with Crippen LogP contribution in [0.15, 0.2) is 80.7 Å². The molecule has 0 amide bonds. The van der Waals surface area contributed by atoms with Gasteiger partial charge < -0.3 is 0 Å². The molecule has 0 spiro atoms. The molecule has 0 bridgehead atoms. The number of rotatable bonds is 9. The fourth-order valence-corrected chi connectivity index (χ4v) is 45.7. The molecule has 0 aromatic heterocycles. The predicted octanol–water partition coefficient (Wildman–Crippen LogP) is 9.95. The number of benzene rings is 2. The fraction of sp³-hybridized carbons (Fsp3) is 0.438. The average Bonchev–Trinajstić information content (AvgIpc) is 3.35. The normalized spacial score (nSPS) is 19.6. The minimum absolute atomic E-state index is 0. The van der Waals surface area contributed by atoms with E-state index in [9.17, 15) is 0 Å². The van der Waals surface area contributed by atoms with Gasteiger partial charge >= 0.3 is 216 Å². The maximum atomic E-state index is 2.79. The van der Waals surface area contributed by atoms with Crippen molar-refractivity contribution in [2.45, 2.75) is 79.1 Å². The first kappa shape index (κ1) is 31.9. The van der Waals surface area contributed by atoms with Gasteiger partial charge in [0.15, 0.2) is 0 Å². The van der Waals surface area contributed by atoms with Gasteiger partial charge in [0.25, 0.3) is 0 Å². The second-order valence-electron chi connectivity index (χ2n) is 11.3. The number of fused-ring (bicyclic) bond motifs is 1. The molecule has 36 heavy (non-hydrogen) atoms. The van der Waals surface area contributed by atoms with Crippen LogP contribution in [-0.4, -0.2) is 12.1 Å². The second kappa shape index (κ2) is 12.7. The molecule has 2 aromatic rings. The van der Waals surface area contributed by atoms with Gasteiger partial charge in [-0.2, -0.15) is 0 Å². The summed E-state index contributed by atoms with van der Waals surface area (Å²) in [7, 11) is 0. The molecule has 0 radical (unpaired) electrons. The zero-order valence-corrected chi connectivity index (χ0v) is 30.3. The van der Waals surface area contributed by atoms with Crippen LogP contribution >= 0.6 is 24.8 Å². The Morgan fingerprint density at radius 3 is 1.86 bits per heavy atom. The molecule has 2 aliphatic rings. The number of halogens is 2. The summed E-state index contributed by atoms with van der Waals surface area (Å²) in [6, 6.07) is 20.6. The summed E-state index contributed by atoms with van der Waals surface area (Å²) in [5, 5.41) is 0. The molecule has 2 aliphatic carbocycles. The van der Waals surface area contributed by atoms with Gasteiger partial charge in [-0.3, -0.25) is 0 Å². The Balaban J connectivity index is 0.00000228. The summed E-state index contributed by atoms with van der Waals surface area (Å²) >= 11 is -1.95. The van der Waals surface area contributed by atoms with E-state index < -0.39 is 15.7 Å². The van der Waals surface area contributed by atoms with Gasteiger partial charge in [0.2, 0.25) is 0 Å². The maximum absolute atomic E-state index is 3.48. The zero-order valence-electron chi connectivity index (χ0n) is 23.2. The van der Waals surface area contributed by atoms with Crippen LogP contribution in [0.2, 0.25) is 8.26 Å². The van der Waals surface area contributed by atoms with Crippen molar-refractivity contribution in [2.24, 2.45) is 5.92 Å². The van der Waals surface area contributed by atoms with E-state index in [0.717, 1.165) is 0 Å². The van der Waals surface area contributed by atoms with E-state index in [1.807, 2.05) is 3.28 Å². The van der Waals surface area contributed by atoms with Crippen molar-refractivity contribution in [1.82, 2.24) is 0 Å². The first-order valence-corrected chi connectivity index (χ1v) is 30.2. The number of unbranched alkanes of at least 4 members (excludes halogenated alkanes) is 2. The molecule has 0 fully saturated rings. The molecule has 0 N–H and O–H groups in total. The fourth-order valence-electron chi connectivity index (χ4n) is 7.42. The van der Waals surface area contributed by atoms with E-state index in [-0.39, 0.29) is 24.8 Å². The van der Waals surface area contributed by atoms with Crippen LogP contribution in [0.25, 0.3) is 5.57 Å². The van der Waals surface area contributed by atoms with E-state index in [2.05, 4.69) is 102 Å². The SMILES string of the molecule is CCC[CH2][Zr](=[GeH2])([CH2]CCC)([C]1=C(C)C(C)=C(C)C1C)[CH]1C=C(c2ccccc2)c2ccccc21.Cl.Cl. The molecule has 0 nitrogen and oxygen atoms in total. The second-order valence-corrected chi connectivity index (χ2v) is 48.5. The van der Waals surface area contributed by atoms with Crippen LogP contribution in [0.5, 0.6) is 0 Å². The molecule has 196 valence electrons. The third kappa shape index (κ3) is 5.26. The standard InChI is InChI=1S/C15H11.C9H13.2C4H9.2ClH.GeH2.Zr/c1-2-6-12(7-3-1)15-11-10-13-8-4-5-9-14(13)15;1-6-5-7(2)9(4)8(6)3;2*1-3-4-2;;;;/h1-11H;6H,1-4H3;2*1,3-4H2,2H3;2*1H;1H2;. The van der Waals surface area contributed by atoms with Crippen molar-refractivity contribution in [3.63, 3.8) is 0 Å². The summed E-state index contributed by atoms with van der Waals surface area (Å²) in [5.74, 6) is 0.634. The van der Waals surface area contributed by atoms with Crippen molar-refractivity contribution in [1.29, 1.82) is 0 Å². The monoisotopic (exact) mass is 664 g/mol. The average molecular weight is 665 g/mol. The number of hydrogen-bond donors (Lipinski definition) is 0. The van der Waals surface area contributed by atoms with E-state index in [4.69, 9.17) is 0 Å². The maximum Gasteiger partial charge on any atom is -0.147 e. The van der Waals surface area contributed by atoms with Crippen LogP contribution in [0.4, 0.5) is 0 Å². The predicted molar refractivity (Wildman–Crippen MR) is 165 cm³/mol. The Labute approximate surface area is 238 Å². The molecule has 0 aliphatic heterocycles. The van der Waals surface area contributed by atoms with Crippen molar-refractivity contribution in [3.8, 4) is 0 Å². The third-order valence-corrected chi connectivity index (χ3v) is 47.1. The van der Waals surface area contributed by atoms with Gasteiger partial charge in [-0.25, -0.2) is 0 Å². The Hall–Kier alpha value is -0.334.